The molecule has 1 rings (SSSR count). The normalized spacial score (nSPS) is 20.7. The van der Waals surface area contributed by atoms with E-state index in [9.17, 15) is 0 Å². The Morgan fingerprint density at radius 3 is 2.36 bits per heavy atom. The Bertz CT molecular complexity index is 101. The molecule has 1 atom stereocenters. The lowest BCUT2D eigenvalue weighted by Gasteiger charge is -2.16. The van der Waals surface area contributed by atoms with E-state index < -0.39 is 0 Å². The van der Waals surface area contributed by atoms with Gasteiger partial charge in [-0.2, -0.15) is 0 Å². The molecule has 0 radical (unpaired) electrons. The Kier molecular flexibility index (Phi) is 3.38. The average Bonchev–Trinajstić information content (AvgIpc) is 2.69. The predicted octanol–water partition coefficient (Wildman–Crippen LogP) is 2.85. The summed E-state index contributed by atoms with van der Waals surface area (Å²) in [5.41, 5.74) is 0. The number of hydrogen-bond donors (Lipinski definition) is 0. The number of ether oxygens (including phenoxy) is 1. The molecule has 0 aromatic rings. The minimum absolute atomic E-state index is 0.530. The molecule has 0 saturated heterocycles. The topological polar surface area (TPSA) is 9.23 Å². The number of rotatable bonds is 5. The SMILES string of the molecule is COC(CC(C)C)CC1CC1. The summed E-state index contributed by atoms with van der Waals surface area (Å²) in [4.78, 5) is 0. The van der Waals surface area contributed by atoms with Crippen LogP contribution in [0.2, 0.25) is 0 Å². The van der Waals surface area contributed by atoms with Gasteiger partial charge in [0.05, 0.1) is 6.10 Å². The van der Waals surface area contributed by atoms with Crippen LogP contribution in [0.5, 0.6) is 0 Å². The van der Waals surface area contributed by atoms with Gasteiger partial charge in [0.1, 0.15) is 0 Å². The van der Waals surface area contributed by atoms with Crippen LogP contribution in [0, 0.1) is 11.8 Å². The second-order valence-corrected chi connectivity index (χ2v) is 4.17. The molecule has 1 nitrogen and oxygen atoms in total. The van der Waals surface area contributed by atoms with Crippen LogP contribution in [0.4, 0.5) is 0 Å². The first-order valence-corrected chi connectivity index (χ1v) is 4.75. The molecule has 1 aliphatic carbocycles. The molecule has 11 heavy (non-hydrogen) atoms. The molecule has 1 saturated carbocycles. The highest BCUT2D eigenvalue weighted by atomic mass is 16.5. The van der Waals surface area contributed by atoms with Crippen LogP contribution in [0.15, 0.2) is 0 Å². The van der Waals surface area contributed by atoms with Crippen LogP contribution in [-0.4, -0.2) is 13.2 Å². The fraction of sp³-hybridized carbons (Fsp3) is 1.00. The third-order valence-corrected chi connectivity index (χ3v) is 2.36. The Morgan fingerprint density at radius 2 is 2.00 bits per heavy atom. The zero-order valence-electron chi connectivity index (χ0n) is 7.97. The first-order chi connectivity index (χ1) is 5.22. The van der Waals surface area contributed by atoms with E-state index in [4.69, 9.17) is 4.74 Å². The summed E-state index contributed by atoms with van der Waals surface area (Å²) in [6.45, 7) is 4.53. The second kappa shape index (κ2) is 4.10. The molecule has 0 amide bonds. The van der Waals surface area contributed by atoms with Gasteiger partial charge in [-0.15, -0.1) is 0 Å². The van der Waals surface area contributed by atoms with Gasteiger partial charge in [-0.25, -0.2) is 0 Å². The van der Waals surface area contributed by atoms with Crippen molar-refractivity contribution in [2.24, 2.45) is 11.8 Å². The number of methoxy groups -OCH3 is 1. The highest BCUT2D eigenvalue weighted by Gasteiger charge is 2.25. The highest BCUT2D eigenvalue weighted by molar-refractivity contribution is 4.77. The smallest absolute Gasteiger partial charge is 0.0576 e. The molecule has 0 bridgehead atoms. The van der Waals surface area contributed by atoms with E-state index in [2.05, 4.69) is 13.8 Å². The van der Waals surface area contributed by atoms with Gasteiger partial charge in [0.25, 0.3) is 0 Å². The maximum absolute atomic E-state index is 5.41. The lowest BCUT2D eigenvalue weighted by Crippen LogP contribution is -2.14. The molecule has 1 fully saturated rings. The fourth-order valence-electron chi connectivity index (χ4n) is 1.54. The van der Waals surface area contributed by atoms with Crippen molar-refractivity contribution in [2.45, 2.75) is 45.6 Å². The lowest BCUT2D eigenvalue weighted by molar-refractivity contribution is 0.0729. The first kappa shape index (κ1) is 9.05. The van der Waals surface area contributed by atoms with Gasteiger partial charge < -0.3 is 4.74 Å². The van der Waals surface area contributed by atoms with E-state index in [-0.39, 0.29) is 0 Å². The van der Waals surface area contributed by atoms with Crippen molar-refractivity contribution >= 4 is 0 Å². The fourth-order valence-corrected chi connectivity index (χ4v) is 1.54. The molecule has 66 valence electrons. The first-order valence-electron chi connectivity index (χ1n) is 4.75. The van der Waals surface area contributed by atoms with Crippen molar-refractivity contribution in [3.05, 3.63) is 0 Å². The summed E-state index contributed by atoms with van der Waals surface area (Å²) in [5.74, 6) is 1.78. The highest BCUT2D eigenvalue weighted by Crippen LogP contribution is 2.35. The van der Waals surface area contributed by atoms with Crippen LogP contribution in [0.25, 0.3) is 0 Å². The molecule has 0 aromatic carbocycles. The maximum atomic E-state index is 5.41. The summed E-state index contributed by atoms with van der Waals surface area (Å²) >= 11 is 0. The number of hydrogen-bond acceptors (Lipinski definition) is 1. The lowest BCUT2D eigenvalue weighted by atomic mass is 10.0. The van der Waals surface area contributed by atoms with E-state index in [1.165, 1.54) is 25.7 Å². The quantitative estimate of drug-likeness (QED) is 0.594. The zero-order chi connectivity index (χ0) is 8.27. The molecular weight excluding hydrogens is 136 g/mol. The van der Waals surface area contributed by atoms with Crippen molar-refractivity contribution in [3.63, 3.8) is 0 Å². The van der Waals surface area contributed by atoms with Crippen molar-refractivity contribution in [3.8, 4) is 0 Å². The standard InChI is InChI=1S/C10H20O/c1-8(2)6-10(11-3)7-9-4-5-9/h8-10H,4-7H2,1-3H3. The molecule has 1 aliphatic rings. The Hall–Kier alpha value is -0.0400. The second-order valence-electron chi connectivity index (χ2n) is 4.17. The van der Waals surface area contributed by atoms with E-state index >= 15 is 0 Å². The van der Waals surface area contributed by atoms with Crippen LogP contribution >= 0.6 is 0 Å². The Labute approximate surface area is 70.1 Å². The molecule has 0 spiro atoms. The largest absolute Gasteiger partial charge is 0.381 e. The Morgan fingerprint density at radius 1 is 1.36 bits per heavy atom. The molecule has 0 aliphatic heterocycles. The summed E-state index contributed by atoms with van der Waals surface area (Å²) in [6.07, 6.45) is 5.94. The molecule has 1 heteroatoms. The van der Waals surface area contributed by atoms with E-state index in [1.54, 1.807) is 0 Å². The molecule has 1 unspecified atom stereocenters. The summed E-state index contributed by atoms with van der Waals surface area (Å²) < 4.78 is 5.41. The zero-order valence-corrected chi connectivity index (χ0v) is 7.97. The molecule has 0 aromatic heterocycles. The van der Waals surface area contributed by atoms with Crippen molar-refractivity contribution < 1.29 is 4.74 Å². The molecule has 0 N–H and O–H groups in total. The van der Waals surface area contributed by atoms with Gasteiger partial charge in [-0.1, -0.05) is 26.7 Å². The van der Waals surface area contributed by atoms with Gasteiger partial charge in [0, 0.05) is 7.11 Å². The Balaban J connectivity index is 2.12. The monoisotopic (exact) mass is 156 g/mol. The summed E-state index contributed by atoms with van der Waals surface area (Å²) in [5, 5.41) is 0. The van der Waals surface area contributed by atoms with Crippen molar-refractivity contribution in [1.29, 1.82) is 0 Å². The molecular formula is C10H20O. The van der Waals surface area contributed by atoms with Crippen LogP contribution < -0.4 is 0 Å². The van der Waals surface area contributed by atoms with E-state index in [1.807, 2.05) is 7.11 Å². The summed E-state index contributed by atoms with van der Waals surface area (Å²) in [7, 11) is 1.84. The van der Waals surface area contributed by atoms with Crippen LogP contribution in [0.1, 0.15) is 39.5 Å². The predicted molar refractivity (Wildman–Crippen MR) is 47.6 cm³/mol. The van der Waals surface area contributed by atoms with Crippen LogP contribution in [-0.2, 0) is 4.74 Å². The van der Waals surface area contributed by atoms with E-state index in [0.29, 0.717) is 6.10 Å². The van der Waals surface area contributed by atoms with Gasteiger partial charge in [-0.05, 0) is 24.7 Å². The minimum Gasteiger partial charge on any atom is -0.381 e. The third kappa shape index (κ3) is 3.76. The summed E-state index contributed by atoms with van der Waals surface area (Å²) in [6, 6.07) is 0. The molecule has 0 heterocycles. The average molecular weight is 156 g/mol. The minimum atomic E-state index is 0.530. The van der Waals surface area contributed by atoms with Gasteiger partial charge in [0.15, 0.2) is 0 Å². The van der Waals surface area contributed by atoms with Crippen molar-refractivity contribution in [1.82, 2.24) is 0 Å². The third-order valence-electron chi connectivity index (χ3n) is 2.36. The van der Waals surface area contributed by atoms with Gasteiger partial charge in [-0.3, -0.25) is 0 Å². The van der Waals surface area contributed by atoms with Gasteiger partial charge in [0.2, 0.25) is 0 Å². The van der Waals surface area contributed by atoms with Crippen molar-refractivity contribution in [2.75, 3.05) is 7.11 Å². The maximum Gasteiger partial charge on any atom is 0.0576 e. The van der Waals surface area contributed by atoms with E-state index in [0.717, 1.165) is 11.8 Å². The van der Waals surface area contributed by atoms with Gasteiger partial charge >= 0.3 is 0 Å². The van der Waals surface area contributed by atoms with Crippen LogP contribution in [0.3, 0.4) is 0 Å².